The third kappa shape index (κ3) is 2.39. The largest absolute Gasteiger partial charge is 0.292 e. The molecule has 3 nitrogen and oxygen atoms in total. The number of ketones is 1. The van der Waals surface area contributed by atoms with Gasteiger partial charge in [-0.15, -0.1) is 11.3 Å². The van der Waals surface area contributed by atoms with E-state index in [4.69, 9.17) is 23.2 Å². The molecule has 0 bridgehead atoms. The molecule has 0 aliphatic carbocycles. The van der Waals surface area contributed by atoms with Gasteiger partial charge in [0.2, 0.25) is 0 Å². The number of fused-ring (bicyclic) bond motifs is 1. The third-order valence-electron chi connectivity index (χ3n) is 2.80. The van der Waals surface area contributed by atoms with E-state index in [1.54, 1.807) is 16.9 Å². The summed E-state index contributed by atoms with van der Waals surface area (Å²) in [7, 11) is 0. The van der Waals surface area contributed by atoms with E-state index in [-0.39, 0.29) is 12.3 Å². The highest BCUT2D eigenvalue weighted by atomic mass is 35.5. The van der Waals surface area contributed by atoms with Crippen molar-refractivity contribution >= 4 is 51.2 Å². The summed E-state index contributed by atoms with van der Waals surface area (Å²) in [5.74, 6) is -0.0954. The summed E-state index contributed by atoms with van der Waals surface area (Å²) in [6.45, 7) is 0.153. The zero-order valence-corrected chi connectivity index (χ0v) is 12.0. The van der Waals surface area contributed by atoms with E-state index < -0.39 is 0 Å². The molecule has 19 heavy (non-hydrogen) atoms. The first kappa shape index (κ1) is 12.7. The Bertz CT molecular complexity index is 763. The molecule has 0 fully saturated rings. The summed E-state index contributed by atoms with van der Waals surface area (Å²) >= 11 is 13.0. The van der Waals surface area contributed by atoms with Gasteiger partial charge in [0, 0.05) is 5.39 Å². The van der Waals surface area contributed by atoms with E-state index in [0.29, 0.717) is 14.2 Å². The number of rotatable bonds is 3. The fourth-order valence-corrected chi connectivity index (χ4v) is 3.40. The second kappa shape index (κ2) is 4.96. The molecule has 0 saturated heterocycles. The lowest BCUT2D eigenvalue weighted by Crippen LogP contribution is -2.11. The summed E-state index contributed by atoms with van der Waals surface area (Å²) in [5, 5.41) is 5.22. The summed E-state index contributed by atoms with van der Waals surface area (Å²) < 4.78 is 2.60. The van der Waals surface area contributed by atoms with Crippen molar-refractivity contribution in [1.29, 1.82) is 0 Å². The number of carbonyl (C=O) groups excluding carboxylic acids is 1. The number of nitrogens with zero attached hydrogens (tertiary/aromatic N) is 2. The molecule has 0 saturated carbocycles. The number of hydrogen-bond acceptors (Lipinski definition) is 3. The maximum atomic E-state index is 12.2. The lowest BCUT2D eigenvalue weighted by Gasteiger charge is -2.02. The number of hydrogen-bond donors (Lipinski definition) is 0. The molecule has 0 aliphatic rings. The van der Waals surface area contributed by atoms with Crippen molar-refractivity contribution in [1.82, 2.24) is 9.78 Å². The molecule has 3 aromatic rings. The number of aromatic nitrogens is 2. The molecule has 0 spiro atoms. The van der Waals surface area contributed by atoms with Crippen LogP contribution in [-0.2, 0) is 6.54 Å². The van der Waals surface area contributed by atoms with Crippen LogP contribution in [0.3, 0.4) is 0 Å². The van der Waals surface area contributed by atoms with Gasteiger partial charge >= 0.3 is 0 Å². The van der Waals surface area contributed by atoms with Gasteiger partial charge in [0.1, 0.15) is 10.9 Å². The van der Waals surface area contributed by atoms with Crippen molar-refractivity contribution in [3.8, 4) is 0 Å². The van der Waals surface area contributed by atoms with Crippen molar-refractivity contribution < 1.29 is 4.79 Å². The maximum absolute atomic E-state index is 12.2. The van der Waals surface area contributed by atoms with Crippen LogP contribution in [0.15, 0.2) is 36.5 Å². The Labute approximate surface area is 123 Å². The van der Waals surface area contributed by atoms with Crippen LogP contribution in [0.1, 0.15) is 10.4 Å². The van der Waals surface area contributed by atoms with Crippen molar-refractivity contribution in [3.05, 3.63) is 50.8 Å². The standard InChI is InChI=1S/C13H8Cl2N2OS/c14-12-5-9(13(15)19-12)11(18)7-17-10-4-2-1-3-8(10)6-16-17/h1-6H,7H2. The minimum absolute atomic E-state index is 0.0954. The van der Waals surface area contributed by atoms with Gasteiger partial charge in [0.05, 0.1) is 21.6 Å². The lowest BCUT2D eigenvalue weighted by molar-refractivity contribution is 0.0970. The first-order valence-corrected chi connectivity index (χ1v) is 7.11. The SMILES string of the molecule is O=C(Cn1ncc2ccccc21)c1cc(Cl)sc1Cl. The van der Waals surface area contributed by atoms with Gasteiger partial charge in [-0.1, -0.05) is 41.4 Å². The normalized spacial score (nSPS) is 11.1. The van der Waals surface area contributed by atoms with Crippen LogP contribution in [0.25, 0.3) is 10.9 Å². The van der Waals surface area contributed by atoms with Gasteiger partial charge in [-0.25, -0.2) is 0 Å². The number of benzene rings is 1. The van der Waals surface area contributed by atoms with E-state index in [0.717, 1.165) is 10.9 Å². The highest BCUT2D eigenvalue weighted by Gasteiger charge is 2.15. The van der Waals surface area contributed by atoms with E-state index >= 15 is 0 Å². The number of halogens is 2. The minimum Gasteiger partial charge on any atom is -0.292 e. The number of para-hydroxylation sites is 1. The van der Waals surface area contributed by atoms with Crippen molar-refractivity contribution in [2.75, 3.05) is 0 Å². The van der Waals surface area contributed by atoms with Gasteiger partial charge in [0.15, 0.2) is 5.78 Å². The zero-order valence-electron chi connectivity index (χ0n) is 9.64. The average molecular weight is 311 g/mol. The minimum atomic E-state index is -0.0954. The van der Waals surface area contributed by atoms with Crippen LogP contribution in [0.4, 0.5) is 0 Å². The van der Waals surface area contributed by atoms with Crippen molar-refractivity contribution in [2.24, 2.45) is 0 Å². The topological polar surface area (TPSA) is 34.9 Å². The van der Waals surface area contributed by atoms with Crippen LogP contribution < -0.4 is 0 Å². The Morgan fingerprint density at radius 2 is 2.11 bits per heavy atom. The van der Waals surface area contributed by atoms with Gasteiger partial charge in [-0.2, -0.15) is 5.10 Å². The number of thiophene rings is 1. The van der Waals surface area contributed by atoms with Gasteiger partial charge in [-0.3, -0.25) is 9.48 Å². The maximum Gasteiger partial charge on any atom is 0.186 e. The fraction of sp³-hybridized carbons (Fsp3) is 0.0769. The third-order valence-corrected chi connectivity index (χ3v) is 4.29. The summed E-state index contributed by atoms with van der Waals surface area (Å²) in [6, 6.07) is 9.34. The zero-order chi connectivity index (χ0) is 13.4. The highest BCUT2D eigenvalue weighted by Crippen LogP contribution is 2.31. The fourth-order valence-electron chi connectivity index (χ4n) is 1.90. The lowest BCUT2D eigenvalue weighted by atomic mass is 10.2. The van der Waals surface area contributed by atoms with Crippen LogP contribution in [0, 0.1) is 0 Å². The number of Topliss-reactive ketones (excluding diaryl/α,β-unsaturated/α-hetero) is 1. The van der Waals surface area contributed by atoms with Crippen LogP contribution in [0.2, 0.25) is 8.67 Å². The molecule has 96 valence electrons. The Hall–Kier alpha value is -1.36. The van der Waals surface area contributed by atoms with Crippen molar-refractivity contribution in [3.63, 3.8) is 0 Å². The molecule has 2 aromatic heterocycles. The molecule has 2 heterocycles. The first-order chi connectivity index (χ1) is 9.15. The quantitative estimate of drug-likeness (QED) is 0.676. The Balaban J connectivity index is 1.93. The Morgan fingerprint density at radius 1 is 1.32 bits per heavy atom. The molecule has 0 aliphatic heterocycles. The van der Waals surface area contributed by atoms with E-state index in [2.05, 4.69) is 5.10 Å². The van der Waals surface area contributed by atoms with Crippen molar-refractivity contribution in [2.45, 2.75) is 6.54 Å². The predicted octanol–water partition coefficient (Wildman–Crippen LogP) is 4.29. The highest BCUT2D eigenvalue weighted by molar-refractivity contribution is 7.20. The Kier molecular flexibility index (Phi) is 3.31. The molecule has 0 radical (unpaired) electrons. The second-order valence-electron chi connectivity index (χ2n) is 4.02. The van der Waals surface area contributed by atoms with Gasteiger partial charge in [0.25, 0.3) is 0 Å². The molecule has 1 aromatic carbocycles. The first-order valence-electron chi connectivity index (χ1n) is 5.54. The predicted molar refractivity (Wildman–Crippen MR) is 78.4 cm³/mol. The van der Waals surface area contributed by atoms with Gasteiger partial charge < -0.3 is 0 Å². The second-order valence-corrected chi connectivity index (χ2v) is 6.31. The summed E-state index contributed by atoms with van der Waals surface area (Å²) in [5.41, 5.74) is 1.38. The molecular weight excluding hydrogens is 303 g/mol. The molecule has 3 rings (SSSR count). The Morgan fingerprint density at radius 3 is 2.84 bits per heavy atom. The average Bonchev–Trinajstić information content (AvgIpc) is 2.94. The molecule has 0 N–H and O–H groups in total. The smallest absolute Gasteiger partial charge is 0.186 e. The molecular formula is C13H8Cl2N2OS. The number of carbonyl (C=O) groups is 1. The monoisotopic (exact) mass is 310 g/mol. The van der Waals surface area contributed by atoms with E-state index in [9.17, 15) is 4.79 Å². The molecule has 6 heteroatoms. The van der Waals surface area contributed by atoms with Crippen LogP contribution in [0.5, 0.6) is 0 Å². The summed E-state index contributed by atoms with van der Waals surface area (Å²) in [6.07, 6.45) is 1.74. The van der Waals surface area contributed by atoms with E-state index in [1.807, 2.05) is 24.3 Å². The van der Waals surface area contributed by atoms with Crippen LogP contribution in [-0.4, -0.2) is 15.6 Å². The summed E-state index contributed by atoms with van der Waals surface area (Å²) in [4.78, 5) is 12.2. The molecule has 0 amide bonds. The van der Waals surface area contributed by atoms with Gasteiger partial charge in [-0.05, 0) is 12.1 Å². The van der Waals surface area contributed by atoms with Crippen LogP contribution >= 0.6 is 34.5 Å². The molecule has 0 atom stereocenters. The molecule has 0 unspecified atom stereocenters. The van der Waals surface area contributed by atoms with E-state index in [1.165, 1.54) is 11.3 Å².